The number of ether oxygens (including phenoxy) is 1. The molecule has 2 atom stereocenters. The maximum absolute atomic E-state index is 5.80. The molecule has 0 aliphatic rings. The van der Waals surface area contributed by atoms with Crippen molar-refractivity contribution in [3.8, 4) is 0 Å². The zero-order valence-electron chi connectivity index (χ0n) is 11.9. The largest absolute Gasteiger partial charge is 0.377 e. The van der Waals surface area contributed by atoms with E-state index in [-0.39, 0.29) is 0 Å². The lowest BCUT2D eigenvalue weighted by Gasteiger charge is -2.17. The van der Waals surface area contributed by atoms with Gasteiger partial charge in [-0.2, -0.15) is 0 Å². The lowest BCUT2D eigenvalue weighted by molar-refractivity contribution is 0.0422. The van der Waals surface area contributed by atoms with E-state index in [0.717, 1.165) is 25.6 Å². The molecule has 1 N–H and O–H groups in total. The van der Waals surface area contributed by atoms with Crippen LogP contribution in [0.25, 0.3) is 0 Å². The molecule has 0 aliphatic carbocycles. The van der Waals surface area contributed by atoms with Crippen molar-refractivity contribution in [3.63, 3.8) is 0 Å². The smallest absolute Gasteiger partial charge is 0.0671 e. The Morgan fingerprint density at radius 1 is 1.06 bits per heavy atom. The molecule has 0 spiro atoms. The standard InChI is InChI=1S/C14H31NO/c1-6-7-13(4)11-16-14(5)10-15-9-8-12(2)3/h12-15H,6-11H2,1-5H3. The Hall–Kier alpha value is -0.0800. The average Bonchev–Trinajstić information content (AvgIpc) is 2.22. The molecule has 0 aromatic heterocycles. The minimum atomic E-state index is 0.339. The molecule has 0 amide bonds. The molecule has 0 aromatic carbocycles. The Morgan fingerprint density at radius 2 is 1.75 bits per heavy atom. The summed E-state index contributed by atoms with van der Waals surface area (Å²) in [4.78, 5) is 0. The van der Waals surface area contributed by atoms with E-state index in [0.29, 0.717) is 12.0 Å². The molecule has 0 radical (unpaired) electrons. The maximum atomic E-state index is 5.80. The average molecular weight is 229 g/mol. The summed E-state index contributed by atoms with van der Waals surface area (Å²) in [7, 11) is 0. The number of rotatable bonds is 10. The van der Waals surface area contributed by atoms with E-state index in [1.165, 1.54) is 19.3 Å². The first-order chi connectivity index (χ1) is 7.56. The van der Waals surface area contributed by atoms with Crippen LogP contribution in [-0.2, 0) is 4.74 Å². The van der Waals surface area contributed by atoms with Crippen LogP contribution in [0.1, 0.15) is 53.9 Å². The van der Waals surface area contributed by atoms with Crippen LogP contribution in [0.15, 0.2) is 0 Å². The van der Waals surface area contributed by atoms with Crippen molar-refractivity contribution in [2.24, 2.45) is 11.8 Å². The van der Waals surface area contributed by atoms with Crippen molar-refractivity contribution in [3.05, 3.63) is 0 Å². The predicted octanol–water partition coefficient (Wildman–Crippen LogP) is 3.46. The van der Waals surface area contributed by atoms with Crippen LogP contribution in [0.3, 0.4) is 0 Å². The Balaban J connectivity index is 3.33. The number of hydrogen-bond donors (Lipinski definition) is 1. The van der Waals surface area contributed by atoms with Gasteiger partial charge in [-0.05, 0) is 38.1 Å². The number of nitrogens with one attached hydrogen (secondary N) is 1. The van der Waals surface area contributed by atoms with E-state index >= 15 is 0 Å². The van der Waals surface area contributed by atoms with Gasteiger partial charge in [0.05, 0.1) is 6.10 Å². The van der Waals surface area contributed by atoms with Crippen molar-refractivity contribution in [1.82, 2.24) is 5.32 Å². The van der Waals surface area contributed by atoms with Crippen molar-refractivity contribution >= 4 is 0 Å². The third-order valence-electron chi connectivity index (χ3n) is 2.78. The van der Waals surface area contributed by atoms with E-state index in [1.807, 2.05) is 0 Å². The van der Waals surface area contributed by atoms with Gasteiger partial charge in [-0.1, -0.05) is 34.1 Å². The highest BCUT2D eigenvalue weighted by atomic mass is 16.5. The normalized spacial score (nSPS) is 15.4. The summed E-state index contributed by atoms with van der Waals surface area (Å²) in [6.07, 6.45) is 4.12. The highest BCUT2D eigenvalue weighted by Crippen LogP contribution is 2.06. The van der Waals surface area contributed by atoms with Crippen LogP contribution >= 0.6 is 0 Å². The predicted molar refractivity (Wildman–Crippen MR) is 71.8 cm³/mol. The summed E-state index contributed by atoms with van der Waals surface area (Å²) < 4.78 is 5.80. The molecule has 2 nitrogen and oxygen atoms in total. The van der Waals surface area contributed by atoms with E-state index < -0.39 is 0 Å². The molecule has 0 bridgehead atoms. The van der Waals surface area contributed by atoms with Gasteiger partial charge in [0.25, 0.3) is 0 Å². The van der Waals surface area contributed by atoms with Crippen LogP contribution < -0.4 is 5.32 Å². The summed E-state index contributed by atoms with van der Waals surface area (Å²) >= 11 is 0. The summed E-state index contributed by atoms with van der Waals surface area (Å²) in [6.45, 7) is 14.2. The fourth-order valence-electron chi connectivity index (χ4n) is 1.66. The van der Waals surface area contributed by atoms with E-state index in [4.69, 9.17) is 4.74 Å². The monoisotopic (exact) mass is 229 g/mol. The first-order valence-corrected chi connectivity index (χ1v) is 6.88. The summed E-state index contributed by atoms with van der Waals surface area (Å²) in [6, 6.07) is 0. The van der Waals surface area contributed by atoms with Gasteiger partial charge in [0, 0.05) is 13.2 Å². The van der Waals surface area contributed by atoms with Crippen LogP contribution in [0, 0.1) is 11.8 Å². The molecule has 16 heavy (non-hydrogen) atoms. The van der Waals surface area contributed by atoms with Gasteiger partial charge in [-0.15, -0.1) is 0 Å². The first-order valence-electron chi connectivity index (χ1n) is 6.88. The van der Waals surface area contributed by atoms with Gasteiger partial charge in [0.2, 0.25) is 0 Å². The molecule has 0 aliphatic heterocycles. The highest BCUT2D eigenvalue weighted by Gasteiger charge is 2.05. The maximum Gasteiger partial charge on any atom is 0.0671 e. The van der Waals surface area contributed by atoms with Gasteiger partial charge < -0.3 is 10.1 Å². The summed E-state index contributed by atoms with van der Waals surface area (Å²) in [5.74, 6) is 1.48. The minimum absolute atomic E-state index is 0.339. The fraction of sp³-hybridized carbons (Fsp3) is 1.00. The SMILES string of the molecule is CCCC(C)COC(C)CNCCC(C)C. The minimum Gasteiger partial charge on any atom is -0.377 e. The van der Waals surface area contributed by atoms with E-state index in [2.05, 4.69) is 39.9 Å². The molecule has 0 heterocycles. The van der Waals surface area contributed by atoms with E-state index in [9.17, 15) is 0 Å². The second-order valence-electron chi connectivity index (χ2n) is 5.42. The lowest BCUT2D eigenvalue weighted by atomic mass is 10.1. The molecule has 0 fully saturated rings. The third-order valence-corrected chi connectivity index (χ3v) is 2.78. The third kappa shape index (κ3) is 10.4. The Kier molecular flexibility index (Phi) is 10.0. The summed E-state index contributed by atoms with van der Waals surface area (Å²) in [5.41, 5.74) is 0. The molecular formula is C14H31NO. The van der Waals surface area contributed by atoms with Crippen LogP contribution in [-0.4, -0.2) is 25.8 Å². The Labute approximate surface area is 102 Å². The number of hydrogen-bond acceptors (Lipinski definition) is 2. The summed E-state index contributed by atoms with van der Waals surface area (Å²) in [5, 5.41) is 3.45. The molecule has 2 unspecified atom stereocenters. The lowest BCUT2D eigenvalue weighted by Crippen LogP contribution is -2.29. The van der Waals surface area contributed by atoms with Gasteiger partial charge in [0.15, 0.2) is 0 Å². The fourth-order valence-corrected chi connectivity index (χ4v) is 1.66. The van der Waals surface area contributed by atoms with Crippen LogP contribution in [0.2, 0.25) is 0 Å². The Bertz CT molecular complexity index is 148. The topological polar surface area (TPSA) is 21.3 Å². The van der Waals surface area contributed by atoms with Crippen LogP contribution in [0.4, 0.5) is 0 Å². The van der Waals surface area contributed by atoms with Crippen molar-refractivity contribution < 1.29 is 4.74 Å². The van der Waals surface area contributed by atoms with Gasteiger partial charge in [-0.25, -0.2) is 0 Å². The van der Waals surface area contributed by atoms with E-state index in [1.54, 1.807) is 0 Å². The van der Waals surface area contributed by atoms with Gasteiger partial charge in [0.1, 0.15) is 0 Å². The second kappa shape index (κ2) is 10.1. The van der Waals surface area contributed by atoms with Crippen molar-refractivity contribution in [2.45, 2.75) is 60.0 Å². The molecule has 0 saturated carbocycles. The zero-order valence-corrected chi connectivity index (χ0v) is 11.9. The molecule has 0 rings (SSSR count). The molecule has 0 aromatic rings. The highest BCUT2D eigenvalue weighted by molar-refractivity contribution is 4.58. The van der Waals surface area contributed by atoms with Crippen molar-refractivity contribution in [1.29, 1.82) is 0 Å². The quantitative estimate of drug-likeness (QED) is 0.579. The zero-order chi connectivity index (χ0) is 12.4. The van der Waals surface area contributed by atoms with Crippen LogP contribution in [0.5, 0.6) is 0 Å². The van der Waals surface area contributed by atoms with Gasteiger partial charge in [-0.3, -0.25) is 0 Å². The molecule has 2 heteroatoms. The second-order valence-corrected chi connectivity index (χ2v) is 5.42. The Morgan fingerprint density at radius 3 is 2.31 bits per heavy atom. The molecular weight excluding hydrogens is 198 g/mol. The first kappa shape index (κ1) is 15.9. The molecule has 98 valence electrons. The van der Waals surface area contributed by atoms with Crippen molar-refractivity contribution in [2.75, 3.05) is 19.7 Å². The molecule has 0 saturated heterocycles. The van der Waals surface area contributed by atoms with Gasteiger partial charge >= 0.3 is 0 Å².